The van der Waals surface area contributed by atoms with Crippen molar-refractivity contribution < 1.29 is 9.59 Å². The van der Waals surface area contributed by atoms with Crippen molar-refractivity contribution in [2.45, 2.75) is 6.42 Å². The first-order valence-electron chi connectivity index (χ1n) is 1.71. The lowest BCUT2D eigenvalue weighted by Crippen LogP contribution is -1.85. The number of amides is 1. The summed E-state index contributed by atoms with van der Waals surface area (Å²) in [4.78, 5) is 21.9. The molecule has 1 radical (unpaired) electrons. The Morgan fingerprint density at radius 1 is 1.86 bits per heavy atom. The highest BCUT2D eigenvalue weighted by Gasteiger charge is 1.87. The normalized spacial score (nSPS) is 7.00. The molecule has 0 aromatic carbocycles. The van der Waals surface area contributed by atoms with Gasteiger partial charge in [-0.3, -0.25) is 4.79 Å². The van der Waals surface area contributed by atoms with Crippen LogP contribution in [0.5, 0.6) is 0 Å². The van der Waals surface area contributed by atoms with Crippen LogP contribution in [0.2, 0.25) is 0 Å². The Balaban J connectivity index is 3.58. The van der Waals surface area contributed by atoms with Gasteiger partial charge in [-0.15, -0.1) is 4.99 Å². The molecule has 0 aliphatic carbocycles. The zero-order chi connectivity index (χ0) is 5.70. The molecule has 37 valence electrons. The molecule has 0 bridgehead atoms. The lowest BCUT2D eigenvalue weighted by atomic mass is 10.5. The SMILES string of the molecule is [CH2]CC(=O)N=C=O. The summed E-state index contributed by atoms with van der Waals surface area (Å²) in [6, 6.07) is 0. The number of hydrogen-bond acceptors (Lipinski definition) is 2. The van der Waals surface area contributed by atoms with Crippen LogP contribution in [0.4, 0.5) is 0 Å². The number of carbonyl (C=O) groups excluding carboxylic acids is 2. The van der Waals surface area contributed by atoms with E-state index in [1.165, 1.54) is 0 Å². The van der Waals surface area contributed by atoms with E-state index in [0.29, 0.717) is 0 Å². The van der Waals surface area contributed by atoms with Crippen LogP contribution >= 0.6 is 0 Å². The molecule has 0 aliphatic rings. The van der Waals surface area contributed by atoms with Crippen LogP contribution in [-0.2, 0) is 9.59 Å². The van der Waals surface area contributed by atoms with Crippen molar-refractivity contribution in [3.05, 3.63) is 6.92 Å². The Kier molecular flexibility index (Phi) is 2.81. The largest absolute Gasteiger partial charge is 0.272 e. The van der Waals surface area contributed by atoms with E-state index in [4.69, 9.17) is 0 Å². The molecule has 0 atom stereocenters. The number of aliphatic imine (C=N–C) groups is 1. The van der Waals surface area contributed by atoms with Gasteiger partial charge in [-0.1, -0.05) is 0 Å². The smallest absolute Gasteiger partial charge is 0.256 e. The summed E-state index contributed by atoms with van der Waals surface area (Å²) in [6.45, 7) is 3.18. The standard InChI is InChI=1S/C4H4NO2/c1-2-4(7)5-3-6/h1-2H2. The molecule has 0 spiro atoms. The van der Waals surface area contributed by atoms with E-state index < -0.39 is 5.91 Å². The molecule has 3 nitrogen and oxygen atoms in total. The van der Waals surface area contributed by atoms with Crippen LogP contribution in [-0.4, -0.2) is 12.0 Å². The number of isocyanates is 1. The van der Waals surface area contributed by atoms with E-state index in [9.17, 15) is 9.59 Å². The molecule has 7 heavy (non-hydrogen) atoms. The lowest BCUT2D eigenvalue weighted by molar-refractivity contribution is -0.117. The van der Waals surface area contributed by atoms with Crippen LogP contribution in [0.15, 0.2) is 4.99 Å². The molecule has 0 rings (SSSR count). The molecule has 0 aromatic heterocycles. The minimum atomic E-state index is -0.532. The van der Waals surface area contributed by atoms with Crippen molar-refractivity contribution in [3.63, 3.8) is 0 Å². The zero-order valence-electron chi connectivity index (χ0n) is 3.68. The van der Waals surface area contributed by atoms with Crippen molar-refractivity contribution in [3.8, 4) is 0 Å². The van der Waals surface area contributed by atoms with Gasteiger partial charge in [0.05, 0.1) is 0 Å². The van der Waals surface area contributed by atoms with E-state index in [1.807, 2.05) is 0 Å². The van der Waals surface area contributed by atoms with E-state index in [2.05, 4.69) is 11.9 Å². The highest BCUT2D eigenvalue weighted by molar-refractivity contribution is 5.81. The Labute approximate surface area is 41.1 Å². The molecule has 1 amide bonds. The molecular weight excluding hydrogens is 94.0 g/mol. The van der Waals surface area contributed by atoms with Crippen LogP contribution < -0.4 is 0 Å². The van der Waals surface area contributed by atoms with Gasteiger partial charge in [-0.05, 0) is 6.92 Å². The first-order chi connectivity index (χ1) is 3.31. The van der Waals surface area contributed by atoms with Crippen molar-refractivity contribution in [2.24, 2.45) is 4.99 Å². The second kappa shape index (κ2) is 3.25. The quantitative estimate of drug-likeness (QED) is 0.344. The maximum absolute atomic E-state index is 9.92. The molecule has 0 fully saturated rings. The van der Waals surface area contributed by atoms with Crippen molar-refractivity contribution in [2.75, 3.05) is 0 Å². The van der Waals surface area contributed by atoms with Crippen molar-refractivity contribution in [1.29, 1.82) is 0 Å². The average Bonchev–Trinajstić information content (AvgIpc) is 1.68. The summed E-state index contributed by atoms with van der Waals surface area (Å²) in [5, 5.41) is 0. The maximum atomic E-state index is 9.92. The lowest BCUT2D eigenvalue weighted by Gasteiger charge is -1.72. The fourth-order valence-electron chi connectivity index (χ4n) is 0.107. The van der Waals surface area contributed by atoms with E-state index in [1.54, 1.807) is 0 Å². The highest BCUT2D eigenvalue weighted by atomic mass is 16.2. The van der Waals surface area contributed by atoms with Gasteiger partial charge in [-0.25, -0.2) is 4.79 Å². The van der Waals surface area contributed by atoms with Crippen LogP contribution in [0.3, 0.4) is 0 Å². The highest BCUT2D eigenvalue weighted by Crippen LogP contribution is 1.75. The molecule has 0 aromatic rings. The van der Waals surface area contributed by atoms with Crippen molar-refractivity contribution in [1.82, 2.24) is 0 Å². The molecule has 0 N–H and O–H groups in total. The number of rotatable bonds is 1. The summed E-state index contributed by atoms with van der Waals surface area (Å²) in [5.41, 5.74) is 0. The summed E-state index contributed by atoms with van der Waals surface area (Å²) in [5.74, 6) is -0.532. The predicted octanol–water partition coefficient (Wildman–Crippen LogP) is 0.0730. The summed E-state index contributed by atoms with van der Waals surface area (Å²) in [6.07, 6.45) is 1.13. The first kappa shape index (κ1) is 6.05. The Morgan fingerprint density at radius 3 is 2.57 bits per heavy atom. The van der Waals surface area contributed by atoms with Crippen LogP contribution in [0.25, 0.3) is 0 Å². The third-order valence-electron chi connectivity index (χ3n) is 0.384. The first-order valence-corrected chi connectivity index (χ1v) is 1.71. The second-order valence-corrected chi connectivity index (χ2v) is 0.847. The molecule has 3 heteroatoms. The van der Waals surface area contributed by atoms with Gasteiger partial charge in [0, 0.05) is 6.42 Å². The monoisotopic (exact) mass is 98.0 g/mol. The number of carbonyl (C=O) groups is 1. The molecule has 0 aliphatic heterocycles. The van der Waals surface area contributed by atoms with Gasteiger partial charge in [0.15, 0.2) is 0 Å². The van der Waals surface area contributed by atoms with Crippen LogP contribution in [0, 0.1) is 6.92 Å². The average molecular weight is 98.1 g/mol. The zero-order valence-corrected chi connectivity index (χ0v) is 3.68. The number of nitrogens with zero attached hydrogens (tertiary/aromatic N) is 1. The van der Waals surface area contributed by atoms with Gasteiger partial charge in [0.25, 0.3) is 5.91 Å². The topological polar surface area (TPSA) is 46.5 Å². The second-order valence-electron chi connectivity index (χ2n) is 0.847. The fraction of sp³-hybridized carbons (Fsp3) is 0.250. The van der Waals surface area contributed by atoms with Crippen molar-refractivity contribution >= 4 is 12.0 Å². The van der Waals surface area contributed by atoms with Gasteiger partial charge in [0.1, 0.15) is 0 Å². The van der Waals surface area contributed by atoms with E-state index in [0.717, 1.165) is 6.08 Å². The minimum Gasteiger partial charge on any atom is -0.272 e. The number of hydrogen-bond donors (Lipinski definition) is 0. The summed E-state index contributed by atoms with van der Waals surface area (Å²) in [7, 11) is 0. The molecular formula is C4H4NO2. The molecule has 0 saturated heterocycles. The van der Waals surface area contributed by atoms with E-state index >= 15 is 0 Å². The minimum absolute atomic E-state index is 0.0231. The maximum Gasteiger partial charge on any atom is 0.256 e. The fourth-order valence-corrected chi connectivity index (χ4v) is 0.107. The van der Waals surface area contributed by atoms with Gasteiger partial charge in [-0.2, -0.15) is 0 Å². The van der Waals surface area contributed by atoms with Crippen LogP contribution in [0.1, 0.15) is 6.42 Å². The molecule has 0 unspecified atom stereocenters. The van der Waals surface area contributed by atoms with Gasteiger partial charge in [0.2, 0.25) is 6.08 Å². The summed E-state index contributed by atoms with van der Waals surface area (Å²) >= 11 is 0. The van der Waals surface area contributed by atoms with E-state index in [-0.39, 0.29) is 6.42 Å². The Bertz CT molecular complexity index is 113. The molecule has 0 saturated carbocycles. The Morgan fingerprint density at radius 2 is 2.43 bits per heavy atom. The third kappa shape index (κ3) is 2.86. The Hall–Kier alpha value is -0.950. The summed E-state index contributed by atoms with van der Waals surface area (Å²) < 4.78 is 0. The predicted molar refractivity (Wildman–Crippen MR) is 23.1 cm³/mol. The van der Waals surface area contributed by atoms with Gasteiger partial charge < -0.3 is 0 Å². The third-order valence-corrected chi connectivity index (χ3v) is 0.384. The van der Waals surface area contributed by atoms with Gasteiger partial charge >= 0.3 is 0 Å². The molecule has 0 heterocycles.